The Balaban J connectivity index is 2.80. The van der Waals surface area contributed by atoms with Crippen LogP contribution in [0.25, 0.3) is 0 Å². The number of nitrogens with one attached hydrogen (secondary N) is 1. The molecule has 0 aliphatic heterocycles. The average Bonchev–Trinajstić information content (AvgIpc) is 2.39. The van der Waals surface area contributed by atoms with E-state index in [-0.39, 0.29) is 11.9 Å². The molecule has 1 amide bonds. The summed E-state index contributed by atoms with van der Waals surface area (Å²) in [6.45, 7) is 4.12. The molecule has 0 saturated carbocycles. The van der Waals surface area contributed by atoms with Crippen molar-refractivity contribution in [2.45, 2.75) is 32.7 Å². The van der Waals surface area contributed by atoms with Crippen LogP contribution in [0.2, 0.25) is 0 Å². The van der Waals surface area contributed by atoms with Crippen molar-refractivity contribution < 1.29 is 4.79 Å². The molecule has 0 aliphatic carbocycles. The summed E-state index contributed by atoms with van der Waals surface area (Å²) in [4.78, 5) is 21.8. The van der Waals surface area contributed by atoms with E-state index in [1.807, 2.05) is 0 Å². The number of aromatic nitrogens is 2. The molecule has 94 valence electrons. The summed E-state index contributed by atoms with van der Waals surface area (Å²) in [7, 11) is 1.79. The van der Waals surface area contributed by atoms with E-state index in [0.717, 1.165) is 12.8 Å². The number of carbonyl (C=O) groups excluding carboxylic acids is 1. The fourth-order valence-corrected chi connectivity index (χ4v) is 1.70. The van der Waals surface area contributed by atoms with Gasteiger partial charge in [-0.2, -0.15) is 0 Å². The lowest BCUT2D eigenvalue weighted by molar-refractivity contribution is 0.0717. The third kappa shape index (κ3) is 3.13. The second-order valence-corrected chi connectivity index (χ2v) is 3.82. The number of nitrogens with zero attached hydrogens (tertiary/aromatic N) is 3. The van der Waals surface area contributed by atoms with Crippen LogP contribution in [0.1, 0.15) is 37.2 Å². The lowest BCUT2D eigenvalue weighted by Gasteiger charge is -2.25. The van der Waals surface area contributed by atoms with Crippen molar-refractivity contribution in [2.75, 3.05) is 12.5 Å². The molecule has 1 rings (SSSR count). The second-order valence-electron chi connectivity index (χ2n) is 3.82. The van der Waals surface area contributed by atoms with Crippen LogP contribution in [-0.2, 0) is 0 Å². The normalized spacial score (nSPS) is 10.4. The summed E-state index contributed by atoms with van der Waals surface area (Å²) in [5.74, 6) is 5.50. The van der Waals surface area contributed by atoms with Crippen LogP contribution in [0.15, 0.2) is 12.4 Å². The van der Waals surface area contributed by atoms with Gasteiger partial charge in [-0.1, -0.05) is 13.8 Å². The van der Waals surface area contributed by atoms with Crippen LogP contribution in [0.5, 0.6) is 0 Å². The average molecular weight is 237 g/mol. The van der Waals surface area contributed by atoms with Crippen molar-refractivity contribution in [1.29, 1.82) is 0 Å². The van der Waals surface area contributed by atoms with Gasteiger partial charge in [0, 0.05) is 13.1 Å². The number of rotatable bonds is 5. The molecule has 0 spiro atoms. The Bertz CT molecular complexity index is 361. The number of carbonyl (C=O) groups is 1. The smallest absolute Gasteiger partial charge is 0.274 e. The first kappa shape index (κ1) is 13.4. The van der Waals surface area contributed by atoms with Crippen molar-refractivity contribution in [1.82, 2.24) is 14.9 Å². The molecule has 17 heavy (non-hydrogen) atoms. The van der Waals surface area contributed by atoms with Gasteiger partial charge in [0.1, 0.15) is 5.69 Å². The fourth-order valence-electron chi connectivity index (χ4n) is 1.70. The summed E-state index contributed by atoms with van der Waals surface area (Å²) >= 11 is 0. The maximum absolute atomic E-state index is 12.1. The van der Waals surface area contributed by atoms with E-state index in [2.05, 4.69) is 29.2 Å². The van der Waals surface area contributed by atoms with Gasteiger partial charge in [0.15, 0.2) is 5.82 Å². The zero-order valence-electron chi connectivity index (χ0n) is 10.5. The Morgan fingerprint density at radius 3 is 2.47 bits per heavy atom. The summed E-state index contributed by atoms with van der Waals surface area (Å²) in [5.41, 5.74) is 2.70. The first-order chi connectivity index (χ1) is 8.13. The molecule has 0 aliphatic rings. The molecule has 1 aromatic rings. The van der Waals surface area contributed by atoms with Gasteiger partial charge in [-0.25, -0.2) is 15.8 Å². The van der Waals surface area contributed by atoms with E-state index in [1.165, 1.54) is 12.4 Å². The SMILES string of the molecule is CCC(CC)N(C)C(=O)c1cnc(NN)cn1. The minimum atomic E-state index is -0.116. The molecule has 0 fully saturated rings. The van der Waals surface area contributed by atoms with Crippen molar-refractivity contribution in [3.63, 3.8) is 0 Å². The minimum absolute atomic E-state index is 0.116. The molecule has 6 heteroatoms. The van der Waals surface area contributed by atoms with Gasteiger partial charge in [-0.3, -0.25) is 4.79 Å². The number of amides is 1. The van der Waals surface area contributed by atoms with Gasteiger partial charge in [0.2, 0.25) is 0 Å². The van der Waals surface area contributed by atoms with Crippen LogP contribution in [0.3, 0.4) is 0 Å². The second kappa shape index (κ2) is 6.15. The van der Waals surface area contributed by atoms with Crippen LogP contribution in [-0.4, -0.2) is 33.9 Å². The number of nitrogens with two attached hydrogens (primary N) is 1. The number of hydrazine groups is 1. The number of nitrogen functional groups attached to an aromatic ring is 1. The lowest BCUT2D eigenvalue weighted by atomic mass is 10.1. The molecule has 0 unspecified atom stereocenters. The molecule has 3 N–H and O–H groups in total. The van der Waals surface area contributed by atoms with Crippen LogP contribution in [0.4, 0.5) is 5.82 Å². The van der Waals surface area contributed by atoms with Gasteiger partial charge < -0.3 is 10.3 Å². The molecular weight excluding hydrogens is 218 g/mol. The first-order valence-electron chi connectivity index (χ1n) is 5.69. The van der Waals surface area contributed by atoms with Crippen molar-refractivity contribution in [2.24, 2.45) is 5.84 Å². The fraction of sp³-hybridized carbons (Fsp3) is 0.545. The highest BCUT2D eigenvalue weighted by Crippen LogP contribution is 2.10. The Hall–Kier alpha value is -1.69. The third-order valence-electron chi connectivity index (χ3n) is 2.83. The Morgan fingerprint density at radius 2 is 2.06 bits per heavy atom. The van der Waals surface area contributed by atoms with Gasteiger partial charge in [0.05, 0.1) is 12.4 Å². The summed E-state index contributed by atoms with van der Waals surface area (Å²) in [6.07, 6.45) is 4.72. The standard InChI is InChI=1S/C11H19N5O/c1-4-8(5-2)16(3)11(17)9-6-14-10(15-12)7-13-9/h6-8H,4-5,12H2,1-3H3,(H,14,15). The van der Waals surface area contributed by atoms with Crippen LogP contribution in [0, 0.1) is 0 Å². The number of hydrogen-bond donors (Lipinski definition) is 2. The lowest BCUT2D eigenvalue weighted by Crippen LogP contribution is -2.36. The van der Waals surface area contributed by atoms with E-state index < -0.39 is 0 Å². The highest BCUT2D eigenvalue weighted by atomic mass is 16.2. The van der Waals surface area contributed by atoms with E-state index >= 15 is 0 Å². The maximum Gasteiger partial charge on any atom is 0.274 e. The van der Waals surface area contributed by atoms with E-state index in [4.69, 9.17) is 5.84 Å². The van der Waals surface area contributed by atoms with Gasteiger partial charge in [0.25, 0.3) is 5.91 Å². The summed E-state index contributed by atoms with van der Waals surface area (Å²) < 4.78 is 0. The summed E-state index contributed by atoms with van der Waals surface area (Å²) in [6, 6.07) is 0.233. The monoisotopic (exact) mass is 237 g/mol. The van der Waals surface area contributed by atoms with E-state index in [1.54, 1.807) is 11.9 Å². The topological polar surface area (TPSA) is 84.1 Å². The molecule has 0 radical (unpaired) electrons. The Labute approximate surface area is 101 Å². The molecule has 0 aromatic carbocycles. The van der Waals surface area contributed by atoms with Crippen LogP contribution >= 0.6 is 0 Å². The minimum Gasteiger partial charge on any atom is -0.337 e. The first-order valence-corrected chi connectivity index (χ1v) is 5.69. The van der Waals surface area contributed by atoms with Crippen molar-refractivity contribution in [3.05, 3.63) is 18.1 Å². The molecule has 1 aromatic heterocycles. The predicted molar refractivity (Wildman–Crippen MR) is 66.3 cm³/mol. The highest BCUT2D eigenvalue weighted by molar-refractivity contribution is 5.92. The van der Waals surface area contributed by atoms with Gasteiger partial charge in [-0.15, -0.1) is 0 Å². The van der Waals surface area contributed by atoms with E-state index in [0.29, 0.717) is 11.5 Å². The Kier molecular flexibility index (Phi) is 4.84. The Morgan fingerprint density at radius 1 is 1.41 bits per heavy atom. The predicted octanol–water partition coefficient (Wildman–Crippen LogP) is 1.02. The molecule has 6 nitrogen and oxygen atoms in total. The quantitative estimate of drug-likeness (QED) is 0.590. The largest absolute Gasteiger partial charge is 0.337 e. The van der Waals surface area contributed by atoms with Crippen molar-refractivity contribution in [3.8, 4) is 0 Å². The van der Waals surface area contributed by atoms with Crippen molar-refractivity contribution >= 4 is 11.7 Å². The highest BCUT2D eigenvalue weighted by Gasteiger charge is 2.19. The van der Waals surface area contributed by atoms with E-state index in [9.17, 15) is 4.79 Å². The van der Waals surface area contributed by atoms with Gasteiger partial charge in [-0.05, 0) is 12.8 Å². The molecular formula is C11H19N5O. The molecule has 1 heterocycles. The number of anilines is 1. The summed E-state index contributed by atoms with van der Waals surface area (Å²) in [5, 5.41) is 0. The molecule has 0 saturated heterocycles. The van der Waals surface area contributed by atoms with Gasteiger partial charge >= 0.3 is 0 Å². The molecule has 0 bridgehead atoms. The zero-order chi connectivity index (χ0) is 12.8. The zero-order valence-corrected chi connectivity index (χ0v) is 10.5. The number of hydrogen-bond acceptors (Lipinski definition) is 5. The van der Waals surface area contributed by atoms with Crippen LogP contribution < -0.4 is 11.3 Å². The third-order valence-corrected chi connectivity index (χ3v) is 2.83. The molecule has 0 atom stereocenters. The maximum atomic E-state index is 12.1.